The molecule has 0 radical (unpaired) electrons. The molecule has 1 amide bonds. The zero-order valence-electron chi connectivity index (χ0n) is 20.3. The molecule has 2 aromatic heterocycles. The third-order valence-corrected chi connectivity index (χ3v) is 7.59. The first kappa shape index (κ1) is 22.5. The predicted octanol–water partition coefficient (Wildman–Crippen LogP) is 2.48. The van der Waals surface area contributed by atoms with Gasteiger partial charge in [0, 0.05) is 48.9 Å². The molecule has 2 N–H and O–H groups in total. The number of rotatable bonds is 3. The maximum atomic E-state index is 12.9. The Hall–Kier alpha value is -3.25. The molecule has 178 valence electrons. The number of amides is 1. The Balaban J connectivity index is 1.52. The predicted molar refractivity (Wildman–Crippen MR) is 130 cm³/mol. The fourth-order valence-electron chi connectivity index (χ4n) is 5.63. The smallest absolute Gasteiger partial charge is 0.242 e. The normalized spacial score (nSPS) is 23.5. The van der Waals surface area contributed by atoms with Crippen molar-refractivity contribution < 1.29 is 4.79 Å². The number of hydrogen-bond donors (Lipinski definition) is 1. The van der Waals surface area contributed by atoms with E-state index in [4.69, 9.17) is 15.7 Å². The highest BCUT2D eigenvalue weighted by Crippen LogP contribution is 2.56. The molecule has 9 nitrogen and oxygen atoms in total. The van der Waals surface area contributed by atoms with Gasteiger partial charge in [-0.2, -0.15) is 5.26 Å². The van der Waals surface area contributed by atoms with Gasteiger partial charge in [0.1, 0.15) is 23.8 Å². The molecule has 2 aromatic rings. The SMILES string of the molecule is C[C@@H]1CN(c2ncnc3c2C2(CCC2)CN3c2cc(C#N)ccn2)[C@@H](C)CN1C(=O)C(C)(C)N. The van der Waals surface area contributed by atoms with Gasteiger partial charge in [0.05, 0.1) is 17.2 Å². The fourth-order valence-corrected chi connectivity index (χ4v) is 5.63. The molecule has 3 aliphatic rings. The monoisotopic (exact) mass is 460 g/mol. The number of aromatic nitrogens is 3. The molecule has 1 spiro atoms. The lowest BCUT2D eigenvalue weighted by molar-refractivity contribution is -0.138. The van der Waals surface area contributed by atoms with E-state index in [2.05, 4.69) is 34.7 Å². The number of pyridine rings is 1. The summed E-state index contributed by atoms with van der Waals surface area (Å²) >= 11 is 0. The van der Waals surface area contributed by atoms with Crippen LogP contribution in [0.4, 0.5) is 17.5 Å². The van der Waals surface area contributed by atoms with Gasteiger partial charge in [-0.1, -0.05) is 6.42 Å². The van der Waals surface area contributed by atoms with Gasteiger partial charge >= 0.3 is 0 Å². The zero-order chi connectivity index (χ0) is 24.3. The van der Waals surface area contributed by atoms with Crippen molar-refractivity contribution in [1.82, 2.24) is 19.9 Å². The second kappa shape index (κ2) is 7.91. The first-order valence-corrected chi connectivity index (χ1v) is 12.0. The molecule has 4 heterocycles. The molecule has 9 heteroatoms. The summed E-state index contributed by atoms with van der Waals surface area (Å²) in [5.41, 5.74) is 7.00. The van der Waals surface area contributed by atoms with Crippen molar-refractivity contribution in [1.29, 1.82) is 5.26 Å². The number of nitrogens with two attached hydrogens (primary N) is 1. The molecule has 1 saturated heterocycles. The maximum absolute atomic E-state index is 12.9. The van der Waals surface area contributed by atoms with E-state index in [0.29, 0.717) is 18.7 Å². The first-order chi connectivity index (χ1) is 16.1. The van der Waals surface area contributed by atoms with E-state index < -0.39 is 5.54 Å². The number of carbonyl (C=O) groups excluding carboxylic acids is 1. The summed E-state index contributed by atoms with van der Waals surface area (Å²) in [6.45, 7) is 9.82. The van der Waals surface area contributed by atoms with Crippen molar-refractivity contribution in [3.05, 3.63) is 35.8 Å². The zero-order valence-corrected chi connectivity index (χ0v) is 20.3. The van der Waals surface area contributed by atoms with Gasteiger partial charge in [0.2, 0.25) is 5.91 Å². The van der Waals surface area contributed by atoms with Crippen LogP contribution in [0.2, 0.25) is 0 Å². The van der Waals surface area contributed by atoms with Gasteiger partial charge in [0.15, 0.2) is 0 Å². The number of piperazine rings is 1. The summed E-state index contributed by atoms with van der Waals surface area (Å²) < 4.78 is 0. The van der Waals surface area contributed by atoms with Gasteiger partial charge < -0.3 is 20.4 Å². The lowest BCUT2D eigenvalue weighted by Crippen LogP contribution is -2.63. The second-order valence-corrected chi connectivity index (χ2v) is 10.7. The highest BCUT2D eigenvalue weighted by atomic mass is 16.2. The van der Waals surface area contributed by atoms with Crippen LogP contribution in [0.5, 0.6) is 0 Å². The minimum absolute atomic E-state index is 0.00852. The van der Waals surface area contributed by atoms with E-state index in [9.17, 15) is 10.1 Å². The number of fused-ring (bicyclic) bond motifs is 2. The van der Waals surface area contributed by atoms with Crippen molar-refractivity contribution in [3.63, 3.8) is 0 Å². The quantitative estimate of drug-likeness (QED) is 0.743. The number of hydrogen-bond acceptors (Lipinski definition) is 8. The van der Waals surface area contributed by atoms with Gasteiger partial charge in [-0.05, 0) is 52.7 Å². The molecular weight excluding hydrogens is 428 g/mol. The molecule has 34 heavy (non-hydrogen) atoms. The number of nitrogens with zero attached hydrogens (tertiary/aromatic N) is 7. The summed E-state index contributed by atoms with van der Waals surface area (Å²) in [5, 5.41) is 9.37. The lowest BCUT2D eigenvalue weighted by atomic mass is 9.66. The van der Waals surface area contributed by atoms with Crippen molar-refractivity contribution in [2.75, 3.05) is 29.4 Å². The van der Waals surface area contributed by atoms with Crippen LogP contribution in [0.1, 0.15) is 58.1 Å². The van der Waals surface area contributed by atoms with Gasteiger partial charge in [0.25, 0.3) is 0 Å². The number of anilines is 3. The maximum Gasteiger partial charge on any atom is 0.242 e. The van der Waals surface area contributed by atoms with Crippen LogP contribution < -0.4 is 15.5 Å². The van der Waals surface area contributed by atoms with Crippen LogP contribution in [0.3, 0.4) is 0 Å². The average molecular weight is 461 g/mol. The van der Waals surface area contributed by atoms with E-state index in [1.807, 2.05) is 11.0 Å². The first-order valence-electron chi connectivity index (χ1n) is 12.0. The van der Waals surface area contributed by atoms with Crippen molar-refractivity contribution >= 4 is 23.4 Å². The van der Waals surface area contributed by atoms with E-state index in [1.54, 1.807) is 32.4 Å². The van der Waals surface area contributed by atoms with E-state index in [0.717, 1.165) is 36.8 Å². The highest BCUT2D eigenvalue weighted by molar-refractivity contribution is 5.86. The van der Waals surface area contributed by atoms with Crippen LogP contribution in [0.25, 0.3) is 0 Å². The molecule has 5 rings (SSSR count). The molecule has 0 aromatic carbocycles. The summed E-state index contributed by atoms with van der Waals surface area (Å²) in [5.74, 6) is 2.57. The summed E-state index contributed by atoms with van der Waals surface area (Å²) in [4.78, 5) is 33.4. The Bertz CT molecular complexity index is 1160. The average Bonchev–Trinajstić information content (AvgIpc) is 3.16. The third kappa shape index (κ3) is 3.48. The Labute approximate surface area is 200 Å². The molecule has 1 saturated carbocycles. The topological polar surface area (TPSA) is 115 Å². The molecular formula is C25H32N8O. The summed E-state index contributed by atoms with van der Waals surface area (Å²) in [7, 11) is 0. The van der Waals surface area contributed by atoms with Crippen molar-refractivity contribution in [2.45, 2.75) is 70.0 Å². The molecule has 2 fully saturated rings. The van der Waals surface area contributed by atoms with Gasteiger partial charge in [-0.15, -0.1) is 0 Å². The summed E-state index contributed by atoms with van der Waals surface area (Å²) in [6.07, 6.45) is 6.65. The second-order valence-electron chi connectivity index (χ2n) is 10.7. The molecule has 2 atom stereocenters. The van der Waals surface area contributed by atoms with Gasteiger partial charge in [-0.25, -0.2) is 15.0 Å². The molecule has 0 unspecified atom stereocenters. The Morgan fingerprint density at radius 1 is 1.18 bits per heavy atom. The Morgan fingerprint density at radius 3 is 2.56 bits per heavy atom. The number of carbonyl (C=O) groups is 1. The van der Waals surface area contributed by atoms with Crippen LogP contribution in [-0.4, -0.2) is 63.0 Å². The largest absolute Gasteiger partial charge is 0.350 e. The molecule has 0 bridgehead atoms. The van der Waals surface area contributed by atoms with Gasteiger partial charge in [-0.3, -0.25) is 4.79 Å². The van der Waals surface area contributed by atoms with Crippen LogP contribution in [-0.2, 0) is 10.2 Å². The minimum atomic E-state index is -0.895. The number of nitriles is 1. The van der Waals surface area contributed by atoms with Crippen LogP contribution in [0.15, 0.2) is 24.7 Å². The Kier molecular flexibility index (Phi) is 5.24. The van der Waals surface area contributed by atoms with Crippen molar-refractivity contribution in [3.8, 4) is 6.07 Å². The van der Waals surface area contributed by atoms with E-state index >= 15 is 0 Å². The van der Waals surface area contributed by atoms with Crippen molar-refractivity contribution in [2.24, 2.45) is 5.73 Å². The van der Waals surface area contributed by atoms with E-state index in [1.165, 1.54) is 12.0 Å². The van der Waals surface area contributed by atoms with E-state index in [-0.39, 0.29) is 23.4 Å². The summed E-state index contributed by atoms with van der Waals surface area (Å²) in [6, 6.07) is 5.86. The third-order valence-electron chi connectivity index (χ3n) is 7.59. The standard InChI is InChI=1S/C25H32N8O/c1-16-13-32(23(34)24(3,4)27)17(2)12-31(16)21-20-22(30-15-29-21)33(14-25(20)7-5-8-25)19-10-18(11-26)6-9-28-19/h6,9-10,15-17H,5,7-8,12-14,27H2,1-4H3/t16-,17+/m0/s1. The Morgan fingerprint density at radius 2 is 1.91 bits per heavy atom. The highest BCUT2D eigenvalue weighted by Gasteiger charge is 2.52. The van der Waals surface area contributed by atoms with Crippen LogP contribution in [0, 0.1) is 11.3 Å². The van der Waals surface area contributed by atoms with Crippen LogP contribution >= 0.6 is 0 Å². The fraction of sp³-hybridized carbons (Fsp3) is 0.560. The lowest BCUT2D eigenvalue weighted by Gasteiger charge is -2.48. The molecule has 2 aliphatic heterocycles. The minimum Gasteiger partial charge on any atom is -0.350 e. The molecule has 1 aliphatic carbocycles.